The zero-order chi connectivity index (χ0) is 34.2. The molecule has 266 valence electrons. The van der Waals surface area contributed by atoms with Crippen molar-refractivity contribution in [1.82, 2.24) is 0 Å². The topological polar surface area (TPSA) is 73.8 Å². The molecule has 2 aromatic carbocycles. The fourth-order valence-electron chi connectivity index (χ4n) is 5.95. The van der Waals surface area contributed by atoms with Crippen LogP contribution in [0.2, 0.25) is 29.6 Å². The molecule has 0 heterocycles. The zero-order valence-corrected chi connectivity index (χ0v) is 36.3. The van der Waals surface area contributed by atoms with Crippen molar-refractivity contribution in [2.75, 3.05) is 107 Å². The molecule has 2 aromatic rings. The Hall–Kier alpha value is -0.283. The van der Waals surface area contributed by atoms with Gasteiger partial charge in [-0.3, -0.25) is 0 Å². The van der Waals surface area contributed by atoms with E-state index in [1.807, 2.05) is 0 Å². The molecule has 0 saturated carbocycles. The number of methoxy groups -OCH3 is 2. The van der Waals surface area contributed by atoms with Gasteiger partial charge in [-0.15, -0.1) is 0 Å². The molecule has 0 amide bonds. The molecule has 1 aliphatic rings. The summed E-state index contributed by atoms with van der Waals surface area (Å²) in [6.07, 6.45) is 1.80. The molecule has 0 atom stereocenters. The second kappa shape index (κ2) is 21.2. The first-order valence-corrected chi connectivity index (χ1v) is 37.3. The molecule has 0 N–H and O–H groups in total. The molecule has 0 spiro atoms. The third-order valence-corrected chi connectivity index (χ3v) is 20.5. The van der Waals surface area contributed by atoms with Crippen LogP contribution in [-0.2, 0) is 43.3 Å². The molecular formula is C37H62O8Sn2. The number of benzene rings is 2. The van der Waals surface area contributed by atoms with E-state index in [-0.39, 0.29) is 5.41 Å². The maximum atomic E-state index is 6.26. The Morgan fingerprint density at radius 1 is 0.426 bits per heavy atom. The predicted octanol–water partition coefficient (Wildman–Crippen LogP) is 5.22. The molecule has 0 radical (unpaired) electrons. The number of ether oxygens (including phenoxy) is 8. The van der Waals surface area contributed by atoms with Crippen molar-refractivity contribution in [1.29, 1.82) is 0 Å². The molecule has 0 saturated heterocycles. The molecule has 0 bridgehead atoms. The summed E-state index contributed by atoms with van der Waals surface area (Å²) < 4.78 is 48.2. The van der Waals surface area contributed by atoms with Crippen molar-refractivity contribution in [3.63, 3.8) is 0 Å². The average molecular weight is 872 g/mol. The third kappa shape index (κ3) is 13.1. The minimum absolute atomic E-state index is 0.170. The summed E-state index contributed by atoms with van der Waals surface area (Å²) in [5.41, 5.74) is 5.50. The Morgan fingerprint density at radius 3 is 1.02 bits per heavy atom. The van der Waals surface area contributed by atoms with Crippen molar-refractivity contribution < 1.29 is 37.9 Å². The van der Waals surface area contributed by atoms with Crippen LogP contribution in [0.15, 0.2) is 36.4 Å². The van der Waals surface area contributed by atoms with Gasteiger partial charge in [0.15, 0.2) is 0 Å². The van der Waals surface area contributed by atoms with Gasteiger partial charge in [-0.2, -0.15) is 0 Å². The van der Waals surface area contributed by atoms with Crippen LogP contribution >= 0.6 is 0 Å². The fourth-order valence-corrected chi connectivity index (χ4v) is 12.6. The molecule has 8 nitrogen and oxygen atoms in total. The first kappa shape index (κ1) is 41.1. The van der Waals surface area contributed by atoms with Gasteiger partial charge in [0.2, 0.25) is 0 Å². The standard InChI is InChI=1S/C31H44O8.6CH3.2Sn/c1-32-15-17-36-23-25-38-21-19-34-13-11-31(12-14-35-20-22-39-26-24-37-18-16-33-2)29-9-5-3-7-27(29)28-8-4-6-10-30(28)31;;;;;;;;/h3-4,7-10H,11-26H2,1-2H3;6*1H3;;. The number of rotatable bonds is 26. The molecule has 1 aliphatic carbocycles. The van der Waals surface area contributed by atoms with Gasteiger partial charge in [0, 0.05) is 14.2 Å². The van der Waals surface area contributed by atoms with Gasteiger partial charge in [0.25, 0.3) is 0 Å². The third-order valence-electron chi connectivity index (χ3n) is 8.79. The van der Waals surface area contributed by atoms with Gasteiger partial charge in [-0.05, 0) is 0 Å². The van der Waals surface area contributed by atoms with Gasteiger partial charge in [0.1, 0.15) is 0 Å². The summed E-state index contributed by atoms with van der Waals surface area (Å²) in [7, 11) is 3.35. The summed E-state index contributed by atoms with van der Waals surface area (Å²) in [5, 5.41) is 0. The van der Waals surface area contributed by atoms with Crippen molar-refractivity contribution in [3.8, 4) is 11.1 Å². The van der Waals surface area contributed by atoms with Gasteiger partial charge >= 0.3 is 235 Å². The van der Waals surface area contributed by atoms with E-state index in [2.05, 4.69) is 66.0 Å². The van der Waals surface area contributed by atoms with E-state index in [4.69, 9.17) is 37.9 Å². The summed E-state index contributed by atoms with van der Waals surface area (Å²) in [5.74, 6) is 0. The van der Waals surface area contributed by atoms with Crippen LogP contribution in [-0.4, -0.2) is 143 Å². The summed E-state index contributed by atoms with van der Waals surface area (Å²) in [6, 6.07) is 14.7. The van der Waals surface area contributed by atoms with E-state index in [9.17, 15) is 0 Å². The van der Waals surface area contributed by atoms with Crippen LogP contribution in [0, 0.1) is 0 Å². The first-order chi connectivity index (χ1) is 22.5. The van der Waals surface area contributed by atoms with Crippen molar-refractivity contribution >= 4 is 43.9 Å². The van der Waals surface area contributed by atoms with E-state index in [0.29, 0.717) is 92.5 Å². The molecule has 47 heavy (non-hydrogen) atoms. The van der Waals surface area contributed by atoms with Gasteiger partial charge in [-0.1, -0.05) is 0 Å². The van der Waals surface area contributed by atoms with Crippen molar-refractivity contribution in [2.45, 2.75) is 47.9 Å². The summed E-state index contributed by atoms with van der Waals surface area (Å²) in [4.78, 5) is 15.0. The Kier molecular flexibility index (Phi) is 18.5. The average Bonchev–Trinajstić information content (AvgIpc) is 3.30. The number of hydrogen-bond donors (Lipinski definition) is 0. The summed E-state index contributed by atoms with van der Waals surface area (Å²) >= 11 is -4.70. The molecule has 0 fully saturated rings. The van der Waals surface area contributed by atoms with Gasteiger partial charge in [0.05, 0.1) is 26.4 Å². The van der Waals surface area contributed by atoms with E-state index >= 15 is 0 Å². The molecule has 0 aromatic heterocycles. The second-order valence-electron chi connectivity index (χ2n) is 14.3. The van der Waals surface area contributed by atoms with Crippen LogP contribution in [0.1, 0.15) is 24.0 Å². The second-order valence-corrected chi connectivity index (χ2v) is 43.2. The molecule has 3 rings (SSSR count). The van der Waals surface area contributed by atoms with Crippen LogP contribution in [0.3, 0.4) is 0 Å². The minimum atomic E-state index is -2.35. The number of hydrogen-bond acceptors (Lipinski definition) is 8. The first-order valence-electron chi connectivity index (χ1n) is 17.3. The fraction of sp³-hybridized carbons (Fsp3) is 0.676. The Balaban J connectivity index is 1.74. The van der Waals surface area contributed by atoms with E-state index in [1.54, 1.807) is 21.4 Å². The Morgan fingerprint density at radius 2 is 0.723 bits per heavy atom. The van der Waals surface area contributed by atoms with E-state index in [1.165, 1.54) is 22.3 Å². The Bertz CT molecular complexity index is 1090. The molecule has 10 heteroatoms. The SMILES string of the molecule is COCCOCCOCCOCCC1(CCOCCOCCOCCOC)c2c[c]([Sn]([CH3])([CH3])[CH3])ccc2-c2cc[c]([Sn]([CH3])([CH3])[CH3])cc21. The van der Waals surface area contributed by atoms with Crippen LogP contribution in [0.5, 0.6) is 0 Å². The maximum absolute atomic E-state index is 6.26. The number of fused-ring (bicyclic) bond motifs is 3. The predicted molar refractivity (Wildman–Crippen MR) is 197 cm³/mol. The Labute approximate surface area is 293 Å². The molecular weight excluding hydrogens is 810 g/mol. The monoisotopic (exact) mass is 874 g/mol. The van der Waals surface area contributed by atoms with E-state index in [0.717, 1.165) is 12.8 Å². The van der Waals surface area contributed by atoms with E-state index < -0.39 is 36.8 Å². The summed E-state index contributed by atoms with van der Waals surface area (Å²) in [6.45, 7) is 8.17. The van der Waals surface area contributed by atoms with Crippen LogP contribution in [0.4, 0.5) is 0 Å². The van der Waals surface area contributed by atoms with Gasteiger partial charge < -0.3 is 18.9 Å². The van der Waals surface area contributed by atoms with Gasteiger partial charge in [-0.25, -0.2) is 0 Å². The van der Waals surface area contributed by atoms with Crippen molar-refractivity contribution in [3.05, 3.63) is 47.5 Å². The normalized spacial score (nSPS) is 14.0. The van der Waals surface area contributed by atoms with Crippen LogP contribution < -0.4 is 7.16 Å². The quantitative estimate of drug-likeness (QED) is 0.0944. The van der Waals surface area contributed by atoms with Crippen LogP contribution in [0.25, 0.3) is 11.1 Å². The molecule has 0 aliphatic heterocycles. The molecule has 0 unspecified atom stereocenters. The van der Waals surface area contributed by atoms with Crippen molar-refractivity contribution in [2.24, 2.45) is 0 Å². The zero-order valence-electron chi connectivity index (χ0n) is 30.5.